The number of rotatable bonds is 4. The van der Waals surface area contributed by atoms with Gasteiger partial charge in [0.25, 0.3) is 0 Å². The molecule has 1 aliphatic rings. The van der Waals surface area contributed by atoms with Crippen molar-refractivity contribution >= 4 is 106 Å². The molecule has 1 N–H and O–H groups in total. The van der Waals surface area contributed by atoms with Gasteiger partial charge in [0.2, 0.25) is 0 Å². The number of nitrogens with zero attached hydrogens (tertiary/aromatic N) is 2. The first-order valence-corrected chi connectivity index (χ1v) is 17.4. The Hall–Kier alpha value is -6.52. The number of fused-ring (bicyclic) bond motifs is 7. The Kier molecular flexibility index (Phi) is 5.05. The summed E-state index contributed by atoms with van der Waals surface area (Å²) in [5, 5.41) is 10.3. The Balaban J connectivity index is 1.29. The zero-order chi connectivity index (χ0) is 32.5. The van der Waals surface area contributed by atoms with E-state index in [1.54, 1.807) is 0 Å². The molecule has 0 radical (unpaired) electrons. The molecule has 11 aromatic rings. The monoisotopic (exact) mass is 633 g/mol. The number of anilines is 3. The van der Waals surface area contributed by atoms with Crippen LogP contribution in [0.2, 0.25) is 0 Å². The van der Waals surface area contributed by atoms with Crippen molar-refractivity contribution in [2.45, 2.75) is 0 Å². The van der Waals surface area contributed by atoms with Gasteiger partial charge in [-0.3, -0.25) is 0 Å². The summed E-state index contributed by atoms with van der Waals surface area (Å²) in [5.41, 5.74) is 15.1. The normalized spacial score (nSPS) is 12.6. The lowest BCUT2D eigenvalue weighted by molar-refractivity contribution is 1.30. The maximum absolute atomic E-state index is 3.97. The van der Waals surface area contributed by atoms with Crippen LogP contribution in [0.1, 0.15) is 0 Å². The Morgan fingerprint density at radius 1 is 0.460 bits per heavy atom. The minimum atomic E-state index is 0.880. The molecule has 12 rings (SSSR count). The van der Waals surface area contributed by atoms with Crippen LogP contribution in [0.15, 0.2) is 158 Å². The summed E-state index contributed by atoms with van der Waals surface area (Å²) in [6.07, 6.45) is 0. The van der Waals surface area contributed by atoms with Crippen LogP contribution >= 0.6 is 0 Å². The highest BCUT2D eigenvalue weighted by atomic mass is 15.1. The number of para-hydroxylation sites is 5. The molecule has 0 aliphatic carbocycles. The standard InChI is InChI=1S/C46H28BN3/c1-3-13-28(14-4-1)49(29-15-5-2-6-16-29)39-26-37(32-19-9-18-31-33-25-24-27-12-7-8-17-30(27)42(33)48-43(31)32)41-46-40(39)36-22-10-20-34-35-21-11-23-38(47-41)45(35)50(46)44(34)36/h1-26,47-48H. The zero-order valence-electron chi connectivity index (χ0n) is 27.1. The van der Waals surface area contributed by atoms with Crippen LogP contribution in [0.4, 0.5) is 17.1 Å². The van der Waals surface area contributed by atoms with Gasteiger partial charge >= 0.3 is 0 Å². The summed E-state index contributed by atoms with van der Waals surface area (Å²) in [6, 6.07) is 58.0. The van der Waals surface area contributed by atoms with Gasteiger partial charge in [-0.1, -0.05) is 133 Å². The maximum atomic E-state index is 3.97. The third-order valence-corrected chi connectivity index (χ3v) is 11.2. The summed E-state index contributed by atoms with van der Waals surface area (Å²) in [7, 11) is 0.880. The molecular formula is C46H28BN3. The molecular weight excluding hydrogens is 605 g/mol. The second-order valence-electron chi connectivity index (χ2n) is 13.7. The van der Waals surface area contributed by atoms with E-state index in [0.29, 0.717) is 0 Å². The minimum absolute atomic E-state index is 0.880. The highest BCUT2D eigenvalue weighted by Crippen LogP contribution is 2.48. The summed E-state index contributed by atoms with van der Waals surface area (Å²) in [6.45, 7) is 0. The van der Waals surface area contributed by atoms with Crippen LogP contribution in [0.3, 0.4) is 0 Å². The lowest BCUT2D eigenvalue weighted by atomic mass is 9.59. The van der Waals surface area contributed by atoms with Crippen LogP contribution in [0.5, 0.6) is 0 Å². The largest absolute Gasteiger partial charge is 0.353 e. The van der Waals surface area contributed by atoms with Gasteiger partial charge in [0.05, 0.1) is 27.8 Å². The Morgan fingerprint density at radius 2 is 1.10 bits per heavy atom. The second-order valence-corrected chi connectivity index (χ2v) is 13.7. The number of H-pyrrole nitrogens is 1. The molecule has 50 heavy (non-hydrogen) atoms. The summed E-state index contributed by atoms with van der Waals surface area (Å²) >= 11 is 0. The van der Waals surface area contributed by atoms with Crippen molar-refractivity contribution in [3.05, 3.63) is 158 Å². The van der Waals surface area contributed by atoms with Gasteiger partial charge in [-0.2, -0.15) is 0 Å². The molecule has 0 atom stereocenters. The third kappa shape index (κ3) is 3.30. The van der Waals surface area contributed by atoms with Gasteiger partial charge < -0.3 is 14.3 Å². The van der Waals surface area contributed by atoms with Crippen molar-refractivity contribution < 1.29 is 0 Å². The first kappa shape index (κ1) is 26.4. The van der Waals surface area contributed by atoms with Gasteiger partial charge in [-0.05, 0) is 46.7 Å². The SMILES string of the molecule is B1c2cccc3c4cccc5c6c(N(c7ccccc7)c7ccccc7)cc(-c7cccc8c7[nH]c7c9ccccc9ccc87)c1c6n(c23)c45. The molecule has 4 heterocycles. The molecule has 3 aromatic heterocycles. The Morgan fingerprint density at radius 3 is 1.92 bits per heavy atom. The molecule has 0 spiro atoms. The van der Waals surface area contributed by atoms with E-state index in [1.807, 2.05) is 0 Å². The molecule has 0 amide bonds. The van der Waals surface area contributed by atoms with Gasteiger partial charge in [-0.25, -0.2) is 0 Å². The minimum Gasteiger partial charge on any atom is -0.353 e. The van der Waals surface area contributed by atoms with Crippen LogP contribution in [0.25, 0.3) is 81.8 Å². The second kappa shape index (κ2) is 9.55. The summed E-state index contributed by atoms with van der Waals surface area (Å²) in [5.74, 6) is 0. The van der Waals surface area contributed by atoms with E-state index in [9.17, 15) is 0 Å². The van der Waals surface area contributed by atoms with E-state index in [-0.39, 0.29) is 0 Å². The molecule has 3 nitrogen and oxygen atoms in total. The topological polar surface area (TPSA) is 23.4 Å². The zero-order valence-corrected chi connectivity index (χ0v) is 27.1. The van der Waals surface area contributed by atoms with Crippen molar-refractivity contribution in [1.82, 2.24) is 9.38 Å². The number of hydrogen-bond donors (Lipinski definition) is 1. The quantitative estimate of drug-likeness (QED) is 0.192. The van der Waals surface area contributed by atoms with Crippen LogP contribution in [-0.2, 0) is 0 Å². The van der Waals surface area contributed by atoms with E-state index in [1.165, 1.54) is 98.4 Å². The number of aromatic nitrogens is 2. The fourth-order valence-corrected chi connectivity index (χ4v) is 9.22. The fraction of sp³-hybridized carbons (Fsp3) is 0. The number of aromatic amines is 1. The van der Waals surface area contributed by atoms with Crippen molar-refractivity contribution in [3.8, 4) is 11.1 Å². The molecule has 0 bridgehead atoms. The molecule has 1 aliphatic heterocycles. The van der Waals surface area contributed by atoms with Crippen molar-refractivity contribution in [1.29, 1.82) is 0 Å². The number of benzene rings is 8. The average Bonchev–Trinajstić information content (AvgIpc) is 3.85. The number of nitrogens with one attached hydrogen (secondary N) is 1. The van der Waals surface area contributed by atoms with Crippen LogP contribution < -0.4 is 15.8 Å². The molecule has 0 fully saturated rings. The predicted molar refractivity (Wildman–Crippen MR) is 215 cm³/mol. The van der Waals surface area contributed by atoms with E-state index >= 15 is 0 Å². The van der Waals surface area contributed by atoms with Gasteiger partial charge in [0, 0.05) is 60.2 Å². The van der Waals surface area contributed by atoms with Crippen LogP contribution in [0, 0.1) is 0 Å². The predicted octanol–water partition coefficient (Wildman–Crippen LogP) is 10.5. The lowest BCUT2D eigenvalue weighted by Crippen LogP contribution is -2.34. The van der Waals surface area contributed by atoms with E-state index in [2.05, 4.69) is 172 Å². The molecule has 0 unspecified atom stereocenters. The van der Waals surface area contributed by atoms with Crippen LogP contribution in [-0.4, -0.2) is 16.7 Å². The third-order valence-electron chi connectivity index (χ3n) is 11.2. The smallest absolute Gasteiger partial charge is 0.198 e. The summed E-state index contributed by atoms with van der Waals surface area (Å²) in [4.78, 5) is 6.42. The van der Waals surface area contributed by atoms with Gasteiger partial charge in [-0.15, -0.1) is 0 Å². The number of hydrogen-bond acceptors (Lipinski definition) is 1. The first-order valence-electron chi connectivity index (χ1n) is 17.4. The van der Waals surface area contributed by atoms with Crippen molar-refractivity contribution in [2.75, 3.05) is 4.90 Å². The average molecular weight is 634 g/mol. The van der Waals surface area contributed by atoms with E-state index in [0.717, 1.165) is 18.7 Å². The highest BCUT2D eigenvalue weighted by Gasteiger charge is 2.31. The van der Waals surface area contributed by atoms with Crippen molar-refractivity contribution in [3.63, 3.8) is 0 Å². The van der Waals surface area contributed by atoms with E-state index < -0.39 is 0 Å². The molecule has 0 saturated heterocycles. The summed E-state index contributed by atoms with van der Waals surface area (Å²) < 4.78 is 2.60. The van der Waals surface area contributed by atoms with Gasteiger partial charge in [0.1, 0.15) is 0 Å². The molecule has 0 saturated carbocycles. The Labute approximate surface area is 288 Å². The Bertz CT molecular complexity index is 3130. The lowest BCUT2D eigenvalue weighted by Gasteiger charge is -2.29. The van der Waals surface area contributed by atoms with E-state index in [4.69, 9.17) is 0 Å². The highest BCUT2D eigenvalue weighted by molar-refractivity contribution is 6.75. The van der Waals surface area contributed by atoms with Crippen molar-refractivity contribution in [2.24, 2.45) is 0 Å². The maximum Gasteiger partial charge on any atom is 0.198 e. The molecule has 230 valence electrons. The first-order chi connectivity index (χ1) is 24.8. The van der Waals surface area contributed by atoms with Gasteiger partial charge in [0.15, 0.2) is 7.28 Å². The molecule has 8 aromatic carbocycles. The molecule has 4 heteroatoms. The fourth-order valence-electron chi connectivity index (χ4n) is 9.22.